The molecule has 0 aromatic heterocycles. The number of ether oxygens (including phenoxy) is 1. The van der Waals surface area contributed by atoms with Crippen LogP contribution in [0, 0.1) is 46.3 Å². The fourth-order valence-electron chi connectivity index (χ4n) is 10.5. The average molecular weight is 667 g/mol. The molecular weight excluding hydrogens is 613 g/mol. The third kappa shape index (κ3) is 6.95. The first kappa shape index (κ1) is 34.9. The van der Waals surface area contributed by atoms with Crippen molar-refractivity contribution in [2.75, 3.05) is 24.8 Å². The molecule has 0 heterocycles. The lowest BCUT2D eigenvalue weighted by molar-refractivity contribution is -0.207. The summed E-state index contributed by atoms with van der Waals surface area (Å²) in [5.74, 6) is 1.29. The summed E-state index contributed by atoms with van der Waals surface area (Å²) in [6, 6.07) is 7.59. The van der Waals surface area contributed by atoms with Crippen molar-refractivity contribution >= 4 is 35.1 Å². The fraction of sp³-hybridized carbons (Fsp3) is 0.778. The van der Waals surface area contributed by atoms with Gasteiger partial charge in [-0.05, 0) is 115 Å². The Morgan fingerprint density at radius 3 is 2.33 bits per heavy atom. The van der Waals surface area contributed by atoms with Gasteiger partial charge < -0.3 is 20.1 Å². The number of aliphatic hydroxyl groups is 2. The molecule has 4 aliphatic carbocycles. The zero-order chi connectivity index (χ0) is 32.5. The first-order chi connectivity index (χ1) is 21.4. The van der Waals surface area contributed by atoms with Gasteiger partial charge in [-0.3, -0.25) is 9.69 Å². The maximum absolute atomic E-state index is 13.2. The van der Waals surface area contributed by atoms with Crippen molar-refractivity contribution < 1.29 is 29.6 Å². The van der Waals surface area contributed by atoms with Gasteiger partial charge in [-0.2, -0.15) is 0 Å². The number of hydrogen-bond donors (Lipinski definition) is 3. The molecule has 45 heavy (non-hydrogen) atoms. The van der Waals surface area contributed by atoms with Gasteiger partial charge in [-0.25, -0.2) is 4.79 Å². The molecule has 0 bridgehead atoms. The molecule has 4 aliphatic rings. The Balaban J connectivity index is 1.22. The molecule has 7 nitrogen and oxygen atoms in total. The monoisotopic (exact) mass is 665 g/mol. The van der Waals surface area contributed by atoms with Gasteiger partial charge in [0.2, 0.25) is 0 Å². The van der Waals surface area contributed by atoms with Gasteiger partial charge in [0.15, 0.2) is 0 Å². The SMILES string of the molecule is C[C@H](CCC(=O)O)[C@H]1CC[C@H]2[C@@H]3[C@H](O)C[C@@H]4C[C@H](OC(=O)c5ccc(CN(CCCl)CCCl)cc5)CC[C@]4(C)[C@H]3C[C@H](O)[C@]12C. The third-order valence-electron chi connectivity index (χ3n) is 13.0. The van der Waals surface area contributed by atoms with Crippen LogP contribution >= 0.6 is 23.2 Å². The van der Waals surface area contributed by atoms with E-state index in [1.54, 1.807) is 0 Å². The highest BCUT2D eigenvalue weighted by atomic mass is 35.5. The molecular formula is C36H53Cl2NO6. The van der Waals surface area contributed by atoms with Crippen LogP contribution < -0.4 is 0 Å². The van der Waals surface area contributed by atoms with E-state index in [0.717, 1.165) is 57.3 Å². The van der Waals surface area contributed by atoms with Gasteiger partial charge in [-0.1, -0.05) is 32.9 Å². The Kier molecular flexibility index (Phi) is 11.2. The predicted molar refractivity (Wildman–Crippen MR) is 176 cm³/mol. The van der Waals surface area contributed by atoms with Crippen LogP contribution in [0.15, 0.2) is 24.3 Å². The van der Waals surface area contributed by atoms with Gasteiger partial charge in [-0.15, -0.1) is 23.2 Å². The number of carbonyl (C=O) groups excluding carboxylic acids is 1. The van der Waals surface area contributed by atoms with Crippen molar-refractivity contribution in [2.24, 2.45) is 46.3 Å². The smallest absolute Gasteiger partial charge is 0.338 e. The minimum atomic E-state index is -0.768. The van der Waals surface area contributed by atoms with Gasteiger partial charge in [0.1, 0.15) is 6.10 Å². The number of aliphatic hydroxyl groups excluding tert-OH is 2. The van der Waals surface area contributed by atoms with Crippen LogP contribution in [0.3, 0.4) is 0 Å². The fourth-order valence-corrected chi connectivity index (χ4v) is 11.0. The Morgan fingerprint density at radius 2 is 1.69 bits per heavy atom. The second-order valence-electron chi connectivity index (χ2n) is 15.2. The summed E-state index contributed by atoms with van der Waals surface area (Å²) in [5, 5.41) is 32.8. The number of esters is 1. The number of carboxylic acid groups (broad SMARTS) is 1. The molecule has 0 radical (unpaired) electrons. The van der Waals surface area contributed by atoms with Gasteiger partial charge in [0.05, 0.1) is 17.8 Å². The van der Waals surface area contributed by atoms with E-state index in [4.69, 9.17) is 27.9 Å². The number of hydrogen-bond acceptors (Lipinski definition) is 6. The molecule has 4 fully saturated rings. The highest BCUT2D eigenvalue weighted by molar-refractivity contribution is 6.18. The third-order valence-corrected chi connectivity index (χ3v) is 13.3. The Morgan fingerprint density at radius 1 is 1.00 bits per heavy atom. The number of carboxylic acids is 1. The van der Waals surface area contributed by atoms with Crippen LogP contribution in [0.4, 0.5) is 0 Å². The Hall–Kier alpha value is -1.38. The molecule has 0 saturated heterocycles. The summed E-state index contributed by atoms with van der Waals surface area (Å²) in [7, 11) is 0. The molecule has 5 rings (SSSR count). The standard InChI is InChI=1S/C36H53Cl2NO6/c1-22(4-11-32(42)43)27-9-10-28-33-29(20-31(41)36(27,28)3)35(2)13-12-26(18-25(35)19-30(33)40)45-34(44)24-7-5-23(6-8-24)21-39(16-14-37)17-15-38/h5-8,22,25-31,33,40-41H,4,9-21H2,1-3H3,(H,42,43)/t22-,25+,26-,27-,28+,29+,30-,31+,33+,35+,36-/m1/s1. The molecule has 9 heteroatoms. The van der Waals surface area contributed by atoms with Crippen LogP contribution in [0.2, 0.25) is 0 Å². The topological polar surface area (TPSA) is 107 Å². The largest absolute Gasteiger partial charge is 0.481 e. The van der Waals surface area contributed by atoms with Crippen molar-refractivity contribution in [2.45, 2.75) is 103 Å². The second-order valence-corrected chi connectivity index (χ2v) is 15.9. The van der Waals surface area contributed by atoms with Crippen molar-refractivity contribution in [3.05, 3.63) is 35.4 Å². The first-order valence-corrected chi connectivity index (χ1v) is 18.2. The van der Waals surface area contributed by atoms with E-state index in [1.165, 1.54) is 0 Å². The van der Waals surface area contributed by atoms with E-state index in [2.05, 4.69) is 25.7 Å². The summed E-state index contributed by atoms with van der Waals surface area (Å²) < 4.78 is 6.07. The zero-order valence-corrected chi connectivity index (χ0v) is 28.7. The van der Waals surface area contributed by atoms with Crippen LogP contribution in [-0.4, -0.2) is 75.3 Å². The lowest BCUT2D eigenvalue weighted by atomic mass is 9.43. The molecule has 4 saturated carbocycles. The van der Waals surface area contributed by atoms with E-state index in [1.807, 2.05) is 24.3 Å². The molecule has 3 N–H and O–H groups in total. The second kappa shape index (κ2) is 14.4. The number of rotatable bonds is 12. The molecule has 1 aromatic rings. The molecule has 0 unspecified atom stereocenters. The summed E-state index contributed by atoms with van der Waals surface area (Å²) in [5.41, 5.74) is 1.30. The van der Waals surface area contributed by atoms with Gasteiger partial charge in [0.25, 0.3) is 0 Å². The van der Waals surface area contributed by atoms with Crippen molar-refractivity contribution in [3.8, 4) is 0 Å². The summed E-state index contributed by atoms with van der Waals surface area (Å²) in [6.45, 7) is 8.94. The molecule has 252 valence electrons. The van der Waals surface area contributed by atoms with E-state index in [9.17, 15) is 24.9 Å². The average Bonchev–Trinajstić information content (AvgIpc) is 3.36. The Labute approximate surface area is 279 Å². The lowest BCUT2D eigenvalue weighted by Gasteiger charge is -2.63. The van der Waals surface area contributed by atoms with Gasteiger partial charge in [0, 0.05) is 37.8 Å². The molecule has 0 amide bonds. The Bertz CT molecular complexity index is 1180. The number of alkyl halides is 2. The van der Waals surface area contributed by atoms with Crippen LogP contribution in [0.1, 0.15) is 94.5 Å². The maximum Gasteiger partial charge on any atom is 0.338 e. The summed E-state index contributed by atoms with van der Waals surface area (Å²) in [4.78, 5) is 26.6. The minimum absolute atomic E-state index is 0.0261. The highest BCUT2D eigenvalue weighted by Gasteiger charge is 2.65. The molecule has 1 aromatic carbocycles. The lowest BCUT2D eigenvalue weighted by Crippen LogP contribution is -2.62. The normalized spacial score (nSPS) is 38.2. The number of benzene rings is 1. The summed E-state index contributed by atoms with van der Waals surface area (Å²) in [6.07, 6.45) is 5.43. The van der Waals surface area contributed by atoms with Crippen LogP contribution in [-0.2, 0) is 16.1 Å². The van der Waals surface area contributed by atoms with E-state index >= 15 is 0 Å². The highest BCUT2D eigenvalue weighted by Crippen LogP contribution is 2.68. The van der Waals surface area contributed by atoms with Crippen molar-refractivity contribution in [1.82, 2.24) is 4.90 Å². The van der Waals surface area contributed by atoms with Crippen LogP contribution in [0.25, 0.3) is 0 Å². The minimum Gasteiger partial charge on any atom is -0.481 e. The van der Waals surface area contributed by atoms with E-state index in [0.29, 0.717) is 36.6 Å². The molecule has 0 aliphatic heterocycles. The molecule has 0 spiro atoms. The van der Waals surface area contributed by atoms with E-state index in [-0.39, 0.29) is 64.8 Å². The zero-order valence-electron chi connectivity index (χ0n) is 27.2. The first-order valence-electron chi connectivity index (χ1n) is 17.1. The van der Waals surface area contributed by atoms with Gasteiger partial charge >= 0.3 is 11.9 Å². The summed E-state index contributed by atoms with van der Waals surface area (Å²) >= 11 is 11.9. The quantitative estimate of drug-likeness (QED) is 0.171. The van der Waals surface area contributed by atoms with E-state index < -0.39 is 18.2 Å². The number of nitrogens with zero attached hydrogens (tertiary/aromatic N) is 1. The number of carbonyl (C=O) groups is 2. The van der Waals surface area contributed by atoms with Crippen molar-refractivity contribution in [3.63, 3.8) is 0 Å². The van der Waals surface area contributed by atoms with Crippen LogP contribution in [0.5, 0.6) is 0 Å². The maximum atomic E-state index is 13.2. The number of aliphatic carboxylic acids is 1. The van der Waals surface area contributed by atoms with Crippen molar-refractivity contribution in [1.29, 1.82) is 0 Å². The number of fused-ring (bicyclic) bond motifs is 5. The molecule has 11 atom stereocenters. The number of halogens is 2. The predicted octanol–water partition coefficient (Wildman–Crippen LogP) is 6.59.